The van der Waals surface area contributed by atoms with Gasteiger partial charge in [-0.15, -0.1) is 0 Å². The van der Waals surface area contributed by atoms with E-state index in [4.69, 9.17) is 5.41 Å². The van der Waals surface area contributed by atoms with Crippen LogP contribution in [-0.2, 0) is 0 Å². The fraction of sp³-hybridized carbons (Fsp3) is 0.889. The van der Waals surface area contributed by atoms with Gasteiger partial charge in [-0.05, 0) is 24.0 Å². The summed E-state index contributed by atoms with van der Waals surface area (Å²) < 4.78 is 0. The van der Waals surface area contributed by atoms with Crippen LogP contribution in [-0.4, -0.2) is 6.21 Å². The Morgan fingerprint density at radius 3 is 2.30 bits per heavy atom. The SMILES string of the molecule is CCC(C)(C)C(C)CC=N. The van der Waals surface area contributed by atoms with E-state index in [2.05, 4.69) is 27.7 Å². The molecule has 0 spiro atoms. The monoisotopic (exact) mass is 141 g/mol. The lowest BCUT2D eigenvalue weighted by molar-refractivity contribution is 0.229. The Balaban J connectivity index is 3.89. The van der Waals surface area contributed by atoms with Gasteiger partial charge in [0.15, 0.2) is 0 Å². The highest BCUT2D eigenvalue weighted by atomic mass is 14.4. The number of hydrogen-bond acceptors (Lipinski definition) is 1. The lowest BCUT2D eigenvalue weighted by Crippen LogP contribution is -2.20. The molecule has 60 valence electrons. The Kier molecular flexibility index (Phi) is 3.62. The van der Waals surface area contributed by atoms with Crippen LogP contribution in [0.15, 0.2) is 0 Å². The van der Waals surface area contributed by atoms with Crippen LogP contribution in [0.5, 0.6) is 0 Å². The molecule has 0 bridgehead atoms. The largest absolute Gasteiger partial charge is 0.313 e. The zero-order valence-electron chi connectivity index (χ0n) is 7.57. The summed E-state index contributed by atoms with van der Waals surface area (Å²) in [5, 5.41) is 6.96. The van der Waals surface area contributed by atoms with Crippen molar-refractivity contribution in [3.05, 3.63) is 0 Å². The second-order valence-corrected chi connectivity index (χ2v) is 3.68. The fourth-order valence-corrected chi connectivity index (χ4v) is 0.844. The molecule has 0 aliphatic carbocycles. The summed E-state index contributed by atoms with van der Waals surface area (Å²) in [5.41, 5.74) is 0.400. The van der Waals surface area contributed by atoms with Crippen LogP contribution in [0, 0.1) is 16.7 Å². The number of rotatable bonds is 4. The maximum atomic E-state index is 6.96. The second kappa shape index (κ2) is 3.75. The van der Waals surface area contributed by atoms with Gasteiger partial charge < -0.3 is 5.41 Å². The van der Waals surface area contributed by atoms with Crippen molar-refractivity contribution < 1.29 is 0 Å². The highest BCUT2D eigenvalue weighted by molar-refractivity contribution is 5.53. The first-order chi connectivity index (χ1) is 4.54. The minimum Gasteiger partial charge on any atom is -0.313 e. The molecule has 10 heavy (non-hydrogen) atoms. The van der Waals surface area contributed by atoms with E-state index in [0.717, 1.165) is 6.42 Å². The molecule has 1 unspecified atom stereocenters. The van der Waals surface area contributed by atoms with Crippen molar-refractivity contribution in [2.24, 2.45) is 11.3 Å². The van der Waals surface area contributed by atoms with Crippen LogP contribution in [0.1, 0.15) is 40.5 Å². The van der Waals surface area contributed by atoms with Crippen molar-refractivity contribution >= 4 is 6.21 Å². The molecule has 0 aromatic rings. The summed E-state index contributed by atoms with van der Waals surface area (Å²) in [5.74, 6) is 0.634. The minimum atomic E-state index is 0.400. The molecule has 0 saturated carbocycles. The van der Waals surface area contributed by atoms with Gasteiger partial charge in [-0.3, -0.25) is 0 Å². The maximum absolute atomic E-state index is 6.96. The van der Waals surface area contributed by atoms with Gasteiger partial charge in [0.1, 0.15) is 0 Å². The van der Waals surface area contributed by atoms with Crippen LogP contribution >= 0.6 is 0 Å². The molecular weight excluding hydrogens is 122 g/mol. The van der Waals surface area contributed by atoms with E-state index >= 15 is 0 Å². The Hall–Kier alpha value is -0.330. The summed E-state index contributed by atoms with van der Waals surface area (Å²) in [4.78, 5) is 0. The molecule has 0 aromatic heterocycles. The Labute approximate surface area is 64.3 Å². The lowest BCUT2D eigenvalue weighted by atomic mass is 9.76. The van der Waals surface area contributed by atoms with Crippen molar-refractivity contribution in [2.75, 3.05) is 0 Å². The molecule has 0 fully saturated rings. The normalized spacial score (nSPS) is 14.8. The van der Waals surface area contributed by atoms with Gasteiger partial charge >= 0.3 is 0 Å². The van der Waals surface area contributed by atoms with Crippen molar-refractivity contribution in [1.82, 2.24) is 0 Å². The highest BCUT2D eigenvalue weighted by Gasteiger charge is 2.22. The Morgan fingerprint density at radius 2 is 2.00 bits per heavy atom. The lowest BCUT2D eigenvalue weighted by Gasteiger charge is -2.29. The molecule has 0 rings (SSSR count). The third-order valence-electron chi connectivity index (χ3n) is 2.72. The highest BCUT2D eigenvalue weighted by Crippen LogP contribution is 2.31. The smallest absolute Gasteiger partial charge is 0.00449 e. The van der Waals surface area contributed by atoms with Gasteiger partial charge in [-0.2, -0.15) is 0 Å². The molecule has 0 aliphatic heterocycles. The molecule has 1 N–H and O–H groups in total. The first-order valence-electron chi connectivity index (χ1n) is 4.03. The first kappa shape index (κ1) is 9.67. The zero-order chi connectivity index (χ0) is 8.20. The Morgan fingerprint density at radius 1 is 1.50 bits per heavy atom. The van der Waals surface area contributed by atoms with Crippen LogP contribution in [0.25, 0.3) is 0 Å². The molecule has 1 nitrogen and oxygen atoms in total. The van der Waals surface area contributed by atoms with Crippen molar-refractivity contribution in [1.29, 1.82) is 5.41 Å². The number of hydrogen-bond donors (Lipinski definition) is 1. The van der Waals surface area contributed by atoms with Crippen LogP contribution < -0.4 is 0 Å². The van der Waals surface area contributed by atoms with Crippen LogP contribution in [0.4, 0.5) is 0 Å². The summed E-state index contributed by atoms with van der Waals surface area (Å²) >= 11 is 0. The topological polar surface area (TPSA) is 23.9 Å². The van der Waals surface area contributed by atoms with Gasteiger partial charge in [0, 0.05) is 0 Å². The molecule has 1 atom stereocenters. The van der Waals surface area contributed by atoms with Gasteiger partial charge in [0.2, 0.25) is 0 Å². The summed E-state index contributed by atoms with van der Waals surface area (Å²) in [6, 6.07) is 0. The van der Waals surface area contributed by atoms with E-state index in [1.165, 1.54) is 12.6 Å². The summed E-state index contributed by atoms with van der Waals surface area (Å²) in [6.07, 6.45) is 3.63. The van der Waals surface area contributed by atoms with E-state index in [1.54, 1.807) is 0 Å². The van der Waals surface area contributed by atoms with Crippen molar-refractivity contribution in [3.8, 4) is 0 Å². The van der Waals surface area contributed by atoms with E-state index in [-0.39, 0.29) is 0 Å². The molecule has 0 aliphatic rings. The summed E-state index contributed by atoms with van der Waals surface area (Å²) in [6.45, 7) is 8.96. The molecule has 0 heterocycles. The quantitative estimate of drug-likeness (QED) is 0.582. The molecule has 0 amide bonds. The van der Waals surface area contributed by atoms with Gasteiger partial charge in [-0.1, -0.05) is 34.1 Å². The summed E-state index contributed by atoms with van der Waals surface area (Å²) in [7, 11) is 0. The molecule has 0 radical (unpaired) electrons. The van der Waals surface area contributed by atoms with E-state index < -0.39 is 0 Å². The van der Waals surface area contributed by atoms with E-state index in [9.17, 15) is 0 Å². The van der Waals surface area contributed by atoms with Crippen LogP contribution in [0.3, 0.4) is 0 Å². The van der Waals surface area contributed by atoms with Gasteiger partial charge in [0.25, 0.3) is 0 Å². The predicted molar refractivity (Wildman–Crippen MR) is 46.6 cm³/mol. The first-order valence-corrected chi connectivity index (χ1v) is 4.03. The van der Waals surface area contributed by atoms with Crippen molar-refractivity contribution in [2.45, 2.75) is 40.5 Å². The van der Waals surface area contributed by atoms with Crippen molar-refractivity contribution in [3.63, 3.8) is 0 Å². The third kappa shape index (κ3) is 2.51. The van der Waals surface area contributed by atoms with E-state index in [1.807, 2.05) is 0 Å². The van der Waals surface area contributed by atoms with E-state index in [0.29, 0.717) is 11.3 Å². The van der Waals surface area contributed by atoms with Gasteiger partial charge in [0.05, 0.1) is 0 Å². The molecule has 0 aromatic carbocycles. The maximum Gasteiger partial charge on any atom is -0.00449 e. The second-order valence-electron chi connectivity index (χ2n) is 3.68. The fourth-order valence-electron chi connectivity index (χ4n) is 0.844. The minimum absolute atomic E-state index is 0.400. The predicted octanol–water partition coefficient (Wildman–Crippen LogP) is 3.10. The third-order valence-corrected chi connectivity index (χ3v) is 2.72. The molecule has 0 saturated heterocycles. The Bertz CT molecular complexity index is 105. The average molecular weight is 141 g/mol. The zero-order valence-corrected chi connectivity index (χ0v) is 7.57. The molecule has 1 heteroatoms. The number of nitrogens with one attached hydrogen (secondary N) is 1. The van der Waals surface area contributed by atoms with Gasteiger partial charge in [-0.25, -0.2) is 0 Å². The standard InChI is InChI=1S/C9H19N/c1-5-9(3,4)8(2)6-7-10/h7-8,10H,5-6H2,1-4H3. The average Bonchev–Trinajstić information content (AvgIpc) is 1.89. The van der Waals surface area contributed by atoms with Crippen LogP contribution in [0.2, 0.25) is 0 Å². The molecular formula is C9H19N.